The molecule has 1 aliphatic rings. The molecule has 3 heteroatoms. The van der Waals surface area contributed by atoms with Crippen molar-refractivity contribution in [2.75, 3.05) is 13.2 Å². The molecule has 96 valence electrons. The van der Waals surface area contributed by atoms with Gasteiger partial charge in [0.1, 0.15) is 0 Å². The number of hydrogen-bond acceptors (Lipinski definition) is 2. The summed E-state index contributed by atoms with van der Waals surface area (Å²) in [5, 5.41) is 3.07. The van der Waals surface area contributed by atoms with Crippen LogP contribution in [0, 0.1) is 6.92 Å². The molecule has 1 N–H and O–H groups in total. The molecule has 0 saturated carbocycles. The molecule has 0 aromatic heterocycles. The van der Waals surface area contributed by atoms with Gasteiger partial charge in [-0.2, -0.15) is 0 Å². The summed E-state index contributed by atoms with van der Waals surface area (Å²) < 4.78 is 5.28. The minimum atomic E-state index is -0.0134. The predicted molar refractivity (Wildman–Crippen MR) is 72.6 cm³/mol. The van der Waals surface area contributed by atoms with Crippen molar-refractivity contribution in [3.8, 4) is 0 Å². The van der Waals surface area contributed by atoms with E-state index in [1.54, 1.807) is 6.08 Å². The highest BCUT2D eigenvalue weighted by atomic mass is 16.5. The monoisotopic (exact) mass is 245 g/mol. The van der Waals surface area contributed by atoms with Crippen molar-refractivity contribution in [1.82, 2.24) is 5.32 Å². The Labute approximate surface area is 108 Å². The van der Waals surface area contributed by atoms with Crippen LogP contribution in [0.2, 0.25) is 0 Å². The average Bonchev–Trinajstić information content (AvgIpc) is 2.39. The Morgan fingerprint density at radius 1 is 1.44 bits per heavy atom. The first-order chi connectivity index (χ1) is 8.72. The van der Waals surface area contributed by atoms with Crippen molar-refractivity contribution in [1.29, 1.82) is 0 Å². The van der Waals surface area contributed by atoms with E-state index in [9.17, 15) is 4.79 Å². The maximum absolute atomic E-state index is 12.2. The first-order valence-electron chi connectivity index (χ1n) is 6.33. The van der Waals surface area contributed by atoms with Gasteiger partial charge in [0.05, 0.1) is 0 Å². The lowest BCUT2D eigenvalue weighted by atomic mass is 10.0. The van der Waals surface area contributed by atoms with Crippen LogP contribution in [-0.4, -0.2) is 25.2 Å². The van der Waals surface area contributed by atoms with Gasteiger partial charge in [0, 0.05) is 24.8 Å². The van der Waals surface area contributed by atoms with E-state index in [0.29, 0.717) is 5.56 Å². The lowest BCUT2D eigenvalue weighted by molar-refractivity contribution is 0.0696. The van der Waals surface area contributed by atoms with Crippen molar-refractivity contribution >= 4 is 12.0 Å². The topological polar surface area (TPSA) is 38.3 Å². The van der Waals surface area contributed by atoms with Crippen molar-refractivity contribution in [2.45, 2.75) is 25.8 Å². The van der Waals surface area contributed by atoms with Crippen LogP contribution < -0.4 is 5.32 Å². The molecule has 3 nitrogen and oxygen atoms in total. The Kier molecular flexibility index (Phi) is 4.15. The van der Waals surface area contributed by atoms with Crippen LogP contribution in [0.1, 0.15) is 34.3 Å². The molecule has 0 unspecified atom stereocenters. The van der Waals surface area contributed by atoms with E-state index in [2.05, 4.69) is 11.9 Å². The quantitative estimate of drug-likeness (QED) is 0.888. The summed E-state index contributed by atoms with van der Waals surface area (Å²) in [5.74, 6) is -0.0134. The fourth-order valence-electron chi connectivity index (χ4n) is 2.25. The molecule has 2 rings (SSSR count). The van der Waals surface area contributed by atoms with Gasteiger partial charge in [0.25, 0.3) is 5.91 Å². The summed E-state index contributed by atoms with van der Waals surface area (Å²) in [4.78, 5) is 12.2. The number of rotatable bonds is 3. The van der Waals surface area contributed by atoms with Crippen LogP contribution in [0.5, 0.6) is 0 Å². The number of amides is 1. The molecule has 1 aliphatic heterocycles. The lowest BCUT2D eigenvalue weighted by Gasteiger charge is -2.23. The Hall–Kier alpha value is -1.61. The third-order valence-corrected chi connectivity index (χ3v) is 3.33. The zero-order chi connectivity index (χ0) is 13.0. The lowest BCUT2D eigenvalue weighted by Crippen LogP contribution is -2.39. The van der Waals surface area contributed by atoms with Gasteiger partial charge in [0.15, 0.2) is 0 Å². The van der Waals surface area contributed by atoms with Crippen LogP contribution in [0.15, 0.2) is 24.8 Å². The summed E-state index contributed by atoms with van der Waals surface area (Å²) in [7, 11) is 0. The normalized spacial score (nSPS) is 16.3. The maximum Gasteiger partial charge on any atom is 0.252 e. The number of carbonyl (C=O) groups is 1. The van der Waals surface area contributed by atoms with E-state index < -0.39 is 0 Å². The van der Waals surface area contributed by atoms with Crippen LogP contribution in [-0.2, 0) is 4.74 Å². The molecule has 18 heavy (non-hydrogen) atoms. The maximum atomic E-state index is 12.2. The largest absolute Gasteiger partial charge is 0.381 e. The van der Waals surface area contributed by atoms with Gasteiger partial charge < -0.3 is 10.1 Å². The minimum Gasteiger partial charge on any atom is -0.381 e. The molecule has 1 heterocycles. The first-order valence-corrected chi connectivity index (χ1v) is 6.33. The second kappa shape index (κ2) is 5.83. The zero-order valence-electron chi connectivity index (χ0n) is 10.7. The van der Waals surface area contributed by atoms with Crippen LogP contribution in [0.3, 0.4) is 0 Å². The van der Waals surface area contributed by atoms with Crippen LogP contribution in [0.25, 0.3) is 6.08 Å². The van der Waals surface area contributed by atoms with E-state index in [1.165, 1.54) is 0 Å². The molecule has 1 amide bonds. The predicted octanol–water partition coefficient (Wildman–Crippen LogP) is 2.55. The third-order valence-electron chi connectivity index (χ3n) is 3.33. The molecule has 0 spiro atoms. The fourth-order valence-corrected chi connectivity index (χ4v) is 2.25. The number of benzene rings is 1. The van der Waals surface area contributed by atoms with Crippen molar-refractivity contribution in [3.05, 3.63) is 41.5 Å². The van der Waals surface area contributed by atoms with E-state index in [0.717, 1.165) is 37.2 Å². The molecule has 1 aromatic carbocycles. The first kappa shape index (κ1) is 12.8. The second-order valence-electron chi connectivity index (χ2n) is 4.60. The molecule has 1 aromatic rings. The number of hydrogen-bond donors (Lipinski definition) is 1. The van der Waals surface area contributed by atoms with Gasteiger partial charge >= 0.3 is 0 Å². The highest BCUT2D eigenvalue weighted by molar-refractivity contribution is 5.98. The fraction of sp³-hybridized carbons (Fsp3) is 0.400. The van der Waals surface area contributed by atoms with Gasteiger partial charge in [0.2, 0.25) is 0 Å². The molecular formula is C15H19NO2. The van der Waals surface area contributed by atoms with E-state index in [1.807, 2.05) is 25.1 Å². The molecule has 0 aliphatic carbocycles. The average molecular weight is 245 g/mol. The Bertz CT molecular complexity index is 448. The summed E-state index contributed by atoms with van der Waals surface area (Å²) in [6.07, 6.45) is 3.52. The van der Waals surface area contributed by atoms with E-state index >= 15 is 0 Å². The molecule has 0 radical (unpaired) electrons. The minimum absolute atomic E-state index is 0.0134. The Morgan fingerprint density at radius 3 is 2.83 bits per heavy atom. The van der Waals surface area contributed by atoms with Gasteiger partial charge in [-0.15, -0.1) is 0 Å². The van der Waals surface area contributed by atoms with Crippen molar-refractivity contribution in [3.63, 3.8) is 0 Å². The van der Waals surface area contributed by atoms with Crippen LogP contribution in [0.4, 0.5) is 0 Å². The van der Waals surface area contributed by atoms with Crippen molar-refractivity contribution in [2.24, 2.45) is 0 Å². The van der Waals surface area contributed by atoms with Gasteiger partial charge in [-0.1, -0.05) is 24.8 Å². The zero-order valence-corrected chi connectivity index (χ0v) is 10.7. The summed E-state index contributed by atoms with van der Waals surface area (Å²) >= 11 is 0. The van der Waals surface area contributed by atoms with E-state index in [-0.39, 0.29) is 11.9 Å². The molecule has 0 atom stereocenters. The molecular weight excluding hydrogens is 226 g/mol. The SMILES string of the molecule is C=Cc1c(C)cccc1C(=O)NC1CCOCC1. The Morgan fingerprint density at radius 2 is 2.17 bits per heavy atom. The highest BCUT2D eigenvalue weighted by Gasteiger charge is 2.18. The highest BCUT2D eigenvalue weighted by Crippen LogP contribution is 2.16. The molecule has 0 bridgehead atoms. The van der Waals surface area contributed by atoms with E-state index in [4.69, 9.17) is 4.74 Å². The molecule has 1 fully saturated rings. The second-order valence-corrected chi connectivity index (χ2v) is 4.60. The third kappa shape index (κ3) is 2.79. The number of nitrogens with one attached hydrogen (secondary N) is 1. The Balaban J connectivity index is 2.13. The summed E-state index contributed by atoms with van der Waals surface area (Å²) in [6.45, 7) is 7.23. The van der Waals surface area contributed by atoms with Gasteiger partial charge in [-0.3, -0.25) is 4.79 Å². The number of carbonyl (C=O) groups excluding carboxylic acids is 1. The number of ether oxygens (including phenoxy) is 1. The van der Waals surface area contributed by atoms with Crippen molar-refractivity contribution < 1.29 is 9.53 Å². The molecule has 1 saturated heterocycles. The summed E-state index contributed by atoms with van der Waals surface area (Å²) in [5.41, 5.74) is 2.70. The van der Waals surface area contributed by atoms with Gasteiger partial charge in [-0.05, 0) is 37.0 Å². The smallest absolute Gasteiger partial charge is 0.252 e. The summed E-state index contributed by atoms with van der Waals surface area (Å²) in [6, 6.07) is 5.96. The van der Waals surface area contributed by atoms with Crippen LogP contribution >= 0.6 is 0 Å². The van der Waals surface area contributed by atoms with Gasteiger partial charge in [-0.25, -0.2) is 0 Å². The number of aryl methyl sites for hydroxylation is 1. The standard InChI is InChI=1S/C15H19NO2/c1-3-13-11(2)5-4-6-14(13)15(17)16-12-7-9-18-10-8-12/h3-6,12H,1,7-10H2,2H3,(H,16,17).